The number of allylic oxidation sites excluding steroid dienone is 3. The molecule has 0 atom stereocenters. The molecule has 0 saturated heterocycles. The molecule has 12 heavy (non-hydrogen) atoms. The van der Waals surface area contributed by atoms with Gasteiger partial charge < -0.3 is 5.32 Å². The summed E-state index contributed by atoms with van der Waals surface area (Å²) in [7, 11) is 0. The van der Waals surface area contributed by atoms with Gasteiger partial charge in [0.2, 0.25) is 6.41 Å². The van der Waals surface area contributed by atoms with Gasteiger partial charge in [-0.15, -0.1) is 0 Å². The Kier molecular flexibility index (Phi) is 7.35. The van der Waals surface area contributed by atoms with Crippen LogP contribution >= 0.6 is 0 Å². The Morgan fingerprint density at radius 2 is 2.25 bits per heavy atom. The molecule has 0 fully saturated rings. The van der Waals surface area contributed by atoms with Gasteiger partial charge in [0.25, 0.3) is 0 Å². The van der Waals surface area contributed by atoms with E-state index in [1.54, 1.807) is 0 Å². The topological polar surface area (TPSA) is 29.1 Å². The number of hydrogen-bond acceptors (Lipinski definition) is 1. The maximum Gasteiger partial charge on any atom is 0.207 e. The maximum atomic E-state index is 9.90. The zero-order valence-electron chi connectivity index (χ0n) is 7.84. The first kappa shape index (κ1) is 11.0. The van der Waals surface area contributed by atoms with E-state index in [-0.39, 0.29) is 0 Å². The van der Waals surface area contributed by atoms with Crippen LogP contribution in [0.2, 0.25) is 0 Å². The highest BCUT2D eigenvalue weighted by Gasteiger charge is 1.86. The van der Waals surface area contributed by atoms with Crippen molar-refractivity contribution in [2.24, 2.45) is 0 Å². The van der Waals surface area contributed by atoms with Crippen LogP contribution in [0.25, 0.3) is 0 Å². The zero-order valence-corrected chi connectivity index (χ0v) is 7.84. The summed E-state index contributed by atoms with van der Waals surface area (Å²) in [6.07, 6.45) is 8.96. The molecule has 0 aliphatic heterocycles. The van der Waals surface area contributed by atoms with E-state index in [0.29, 0.717) is 0 Å². The molecule has 0 aromatic rings. The van der Waals surface area contributed by atoms with E-state index in [4.69, 9.17) is 0 Å². The number of nitrogens with one attached hydrogen (secondary N) is 1. The molecule has 0 bridgehead atoms. The minimum atomic E-state index is 0.728. The lowest BCUT2D eigenvalue weighted by Gasteiger charge is -1.97. The number of carbonyl (C=O) groups is 1. The molecular formula is C10H17NO. The van der Waals surface area contributed by atoms with Gasteiger partial charge in [-0.1, -0.05) is 30.7 Å². The molecule has 0 aromatic heterocycles. The SMILES string of the molecule is CC/C=C\C=C(/C)CCNC=O. The Morgan fingerprint density at radius 1 is 1.50 bits per heavy atom. The summed E-state index contributed by atoms with van der Waals surface area (Å²) >= 11 is 0. The molecule has 0 spiro atoms. The van der Waals surface area contributed by atoms with Crippen LogP contribution in [0.3, 0.4) is 0 Å². The number of rotatable bonds is 6. The highest BCUT2D eigenvalue weighted by molar-refractivity contribution is 5.45. The zero-order chi connectivity index (χ0) is 9.23. The van der Waals surface area contributed by atoms with Crippen LogP contribution in [0.1, 0.15) is 26.7 Å². The highest BCUT2D eigenvalue weighted by Crippen LogP contribution is 1.98. The van der Waals surface area contributed by atoms with Crippen molar-refractivity contribution in [1.82, 2.24) is 5.32 Å². The largest absolute Gasteiger partial charge is 0.358 e. The second-order valence-corrected chi connectivity index (χ2v) is 2.67. The Hall–Kier alpha value is -1.05. The third kappa shape index (κ3) is 7.06. The molecule has 0 rings (SSSR count). The Labute approximate surface area is 74.4 Å². The number of amides is 1. The summed E-state index contributed by atoms with van der Waals surface area (Å²) in [5, 5.41) is 2.62. The van der Waals surface area contributed by atoms with Gasteiger partial charge in [-0.25, -0.2) is 0 Å². The van der Waals surface area contributed by atoms with E-state index in [1.165, 1.54) is 5.57 Å². The minimum absolute atomic E-state index is 0.728. The van der Waals surface area contributed by atoms with Crippen molar-refractivity contribution in [1.29, 1.82) is 0 Å². The molecule has 0 heterocycles. The molecule has 0 aliphatic rings. The lowest BCUT2D eigenvalue weighted by Crippen LogP contribution is -2.11. The average Bonchev–Trinajstić information content (AvgIpc) is 2.06. The predicted molar refractivity (Wildman–Crippen MR) is 51.9 cm³/mol. The van der Waals surface area contributed by atoms with Gasteiger partial charge in [-0.05, 0) is 19.8 Å². The van der Waals surface area contributed by atoms with Crippen molar-refractivity contribution in [2.45, 2.75) is 26.7 Å². The van der Waals surface area contributed by atoms with Gasteiger partial charge in [-0.2, -0.15) is 0 Å². The van der Waals surface area contributed by atoms with Crippen molar-refractivity contribution in [2.75, 3.05) is 6.54 Å². The first-order valence-corrected chi connectivity index (χ1v) is 4.30. The summed E-state index contributed by atoms with van der Waals surface area (Å²) in [6, 6.07) is 0. The standard InChI is InChI=1S/C10H17NO/c1-3-4-5-6-10(2)7-8-11-9-12/h4-6,9H,3,7-8H2,1-2H3,(H,11,12)/b5-4-,10-6+. The minimum Gasteiger partial charge on any atom is -0.358 e. The Bertz CT molecular complexity index is 171. The van der Waals surface area contributed by atoms with E-state index in [9.17, 15) is 4.79 Å². The summed E-state index contributed by atoms with van der Waals surface area (Å²) in [6.45, 7) is 4.89. The van der Waals surface area contributed by atoms with Crippen LogP contribution in [0, 0.1) is 0 Å². The van der Waals surface area contributed by atoms with Gasteiger partial charge in [-0.3, -0.25) is 4.79 Å². The van der Waals surface area contributed by atoms with Crippen LogP contribution < -0.4 is 5.32 Å². The molecule has 0 aromatic carbocycles. The van der Waals surface area contributed by atoms with Gasteiger partial charge >= 0.3 is 0 Å². The van der Waals surface area contributed by atoms with Crippen molar-refractivity contribution in [3.63, 3.8) is 0 Å². The van der Waals surface area contributed by atoms with E-state index in [1.807, 2.05) is 0 Å². The molecule has 1 N–H and O–H groups in total. The lowest BCUT2D eigenvalue weighted by molar-refractivity contribution is -0.109. The maximum absolute atomic E-state index is 9.90. The van der Waals surface area contributed by atoms with Crippen LogP contribution in [-0.4, -0.2) is 13.0 Å². The Balaban J connectivity index is 3.55. The molecule has 68 valence electrons. The summed E-state index contributed by atoms with van der Waals surface area (Å²) in [5.74, 6) is 0. The third-order valence-electron chi connectivity index (χ3n) is 1.50. The highest BCUT2D eigenvalue weighted by atomic mass is 16.1. The summed E-state index contributed by atoms with van der Waals surface area (Å²) in [4.78, 5) is 9.90. The molecule has 0 saturated carbocycles. The van der Waals surface area contributed by atoms with E-state index >= 15 is 0 Å². The number of carbonyl (C=O) groups excluding carboxylic acids is 1. The first-order chi connectivity index (χ1) is 5.81. The first-order valence-electron chi connectivity index (χ1n) is 4.30. The fourth-order valence-electron chi connectivity index (χ4n) is 0.780. The van der Waals surface area contributed by atoms with Crippen LogP contribution in [0.5, 0.6) is 0 Å². The van der Waals surface area contributed by atoms with Crippen LogP contribution in [0.15, 0.2) is 23.8 Å². The van der Waals surface area contributed by atoms with Crippen molar-refractivity contribution in [3.05, 3.63) is 23.8 Å². The average molecular weight is 167 g/mol. The normalized spacial score (nSPS) is 12.0. The predicted octanol–water partition coefficient (Wildman–Crippen LogP) is 2.04. The molecule has 2 nitrogen and oxygen atoms in total. The molecule has 0 radical (unpaired) electrons. The molecule has 1 amide bonds. The van der Waals surface area contributed by atoms with Crippen molar-refractivity contribution < 1.29 is 4.79 Å². The fourth-order valence-corrected chi connectivity index (χ4v) is 0.780. The lowest BCUT2D eigenvalue weighted by atomic mass is 10.2. The fraction of sp³-hybridized carbons (Fsp3) is 0.500. The quantitative estimate of drug-likeness (QED) is 0.366. The smallest absolute Gasteiger partial charge is 0.207 e. The second kappa shape index (κ2) is 8.05. The molecule has 2 heteroatoms. The van der Waals surface area contributed by atoms with Crippen LogP contribution in [-0.2, 0) is 4.79 Å². The molecule has 0 aliphatic carbocycles. The summed E-state index contributed by atoms with van der Waals surface area (Å²) < 4.78 is 0. The van der Waals surface area contributed by atoms with Gasteiger partial charge in [0, 0.05) is 6.54 Å². The number of hydrogen-bond donors (Lipinski definition) is 1. The van der Waals surface area contributed by atoms with E-state index in [2.05, 4.69) is 37.4 Å². The van der Waals surface area contributed by atoms with Gasteiger partial charge in [0.05, 0.1) is 0 Å². The summed E-state index contributed by atoms with van der Waals surface area (Å²) in [5.41, 5.74) is 1.29. The van der Waals surface area contributed by atoms with Crippen molar-refractivity contribution in [3.8, 4) is 0 Å². The van der Waals surface area contributed by atoms with Crippen LogP contribution in [0.4, 0.5) is 0 Å². The van der Waals surface area contributed by atoms with Crippen molar-refractivity contribution >= 4 is 6.41 Å². The second-order valence-electron chi connectivity index (χ2n) is 2.67. The van der Waals surface area contributed by atoms with E-state index < -0.39 is 0 Å². The Morgan fingerprint density at radius 3 is 2.83 bits per heavy atom. The van der Waals surface area contributed by atoms with Gasteiger partial charge in [0.15, 0.2) is 0 Å². The third-order valence-corrected chi connectivity index (χ3v) is 1.50. The van der Waals surface area contributed by atoms with Gasteiger partial charge in [0.1, 0.15) is 0 Å². The molecular weight excluding hydrogens is 150 g/mol. The van der Waals surface area contributed by atoms with E-state index in [0.717, 1.165) is 25.8 Å². The molecule has 0 unspecified atom stereocenters. The monoisotopic (exact) mass is 167 g/mol.